The number of nitrogens with two attached hydrogens (primary N) is 1. The van der Waals surface area contributed by atoms with Crippen molar-refractivity contribution in [3.63, 3.8) is 0 Å². The van der Waals surface area contributed by atoms with Gasteiger partial charge in [-0.25, -0.2) is 0 Å². The van der Waals surface area contributed by atoms with Gasteiger partial charge in [-0.2, -0.15) is 0 Å². The summed E-state index contributed by atoms with van der Waals surface area (Å²) in [5.74, 6) is -4.40. The van der Waals surface area contributed by atoms with Crippen LogP contribution in [0.2, 0.25) is 0 Å². The second-order valence-electron chi connectivity index (χ2n) is 3.81. The molecule has 4 N–H and O–H groups in total. The molecule has 1 atom stereocenters. The molecule has 6 nitrogen and oxygen atoms in total. The van der Waals surface area contributed by atoms with E-state index in [4.69, 9.17) is 15.9 Å². The number of nitrogen functional groups attached to an aromatic ring is 1. The van der Waals surface area contributed by atoms with Crippen molar-refractivity contribution in [1.29, 1.82) is 0 Å². The van der Waals surface area contributed by atoms with E-state index >= 15 is 0 Å². The van der Waals surface area contributed by atoms with E-state index < -0.39 is 23.6 Å². The van der Waals surface area contributed by atoms with Crippen molar-refractivity contribution >= 4 is 23.4 Å². The Morgan fingerprint density at radius 3 is 2.11 bits per heavy atom. The van der Waals surface area contributed by atoms with Gasteiger partial charge < -0.3 is 15.9 Å². The number of Topliss-reactive ketones (excluding diaryl/α,β-unsaturated/α-hetero) is 1. The van der Waals surface area contributed by atoms with Crippen LogP contribution in [-0.2, 0) is 9.59 Å². The molecule has 0 saturated carbocycles. The molecule has 0 aliphatic rings. The number of carboxylic acid groups (broad SMARTS) is 2. The van der Waals surface area contributed by atoms with Crippen LogP contribution in [0, 0.1) is 5.92 Å². The SMILES string of the molecule is Nc1ccc(C(=O)[C@H](CCC(=O)O)C(=O)O)cc1. The Hall–Kier alpha value is -2.37. The topological polar surface area (TPSA) is 118 Å². The van der Waals surface area contributed by atoms with Gasteiger partial charge in [0.1, 0.15) is 5.92 Å². The van der Waals surface area contributed by atoms with E-state index in [2.05, 4.69) is 0 Å². The Morgan fingerprint density at radius 2 is 1.67 bits per heavy atom. The maximum absolute atomic E-state index is 11.9. The lowest BCUT2D eigenvalue weighted by atomic mass is 9.93. The number of aliphatic carboxylic acids is 2. The summed E-state index contributed by atoms with van der Waals surface area (Å²) in [6.45, 7) is 0. The van der Waals surface area contributed by atoms with Gasteiger partial charge in [0.15, 0.2) is 5.78 Å². The molecule has 1 rings (SSSR count). The molecule has 0 saturated heterocycles. The van der Waals surface area contributed by atoms with E-state index in [-0.39, 0.29) is 18.4 Å². The number of hydrogen-bond acceptors (Lipinski definition) is 4. The number of benzene rings is 1. The molecule has 0 aromatic heterocycles. The zero-order valence-electron chi connectivity index (χ0n) is 9.50. The molecule has 0 heterocycles. The normalized spacial score (nSPS) is 11.8. The molecule has 0 unspecified atom stereocenters. The van der Waals surface area contributed by atoms with Crippen LogP contribution in [0.25, 0.3) is 0 Å². The molecule has 1 aromatic carbocycles. The molecule has 1 aromatic rings. The van der Waals surface area contributed by atoms with Crippen LogP contribution in [0.5, 0.6) is 0 Å². The van der Waals surface area contributed by atoms with Gasteiger partial charge in [-0.1, -0.05) is 0 Å². The van der Waals surface area contributed by atoms with Crippen molar-refractivity contribution in [2.24, 2.45) is 5.92 Å². The van der Waals surface area contributed by atoms with Crippen molar-refractivity contribution in [3.05, 3.63) is 29.8 Å². The summed E-state index contributed by atoms with van der Waals surface area (Å²) >= 11 is 0. The monoisotopic (exact) mass is 251 g/mol. The van der Waals surface area contributed by atoms with Crippen molar-refractivity contribution in [1.82, 2.24) is 0 Å². The fraction of sp³-hybridized carbons (Fsp3) is 0.250. The Morgan fingerprint density at radius 1 is 1.11 bits per heavy atom. The van der Waals surface area contributed by atoms with Crippen molar-refractivity contribution in [2.45, 2.75) is 12.8 Å². The van der Waals surface area contributed by atoms with E-state index in [1.165, 1.54) is 24.3 Å². The van der Waals surface area contributed by atoms with Crippen LogP contribution < -0.4 is 5.73 Å². The molecule has 0 amide bonds. The second kappa shape index (κ2) is 5.81. The zero-order valence-corrected chi connectivity index (χ0v) is 9.50. The van der Waals surface area contributed by atoms with Crippen LogP contribution in [-0.4, -0.2) is 27.9 Å². The summed E-state index contributed by atoms with van der Waals surface area (Å²) in [7, 11) is 0. The number of anilines is 1. The first-order valence-corrected chi connectivity index (χ1v) is 5.26. The number of rotatable bonds is 6. The molecule has 0 bridgehead atoms. The summed E-state index contributed by atoms with van der Waals surface area (Å²) in [6, 6.07) is 5.83. The van der Waals surface area contributed by atoms with Gasteiger partial charge in [0.25, 0.3) is 0 Å². The molecular formula is C12H13NO5. The van der Waals surface area contributed by atoms with Crippen LogP contribution >= 0.6 is 0 Å². The van der Waals surface area contributed by atoms with Crippen LogP contribution in [0.1, 0.15) is 23.2 Å². The first-order chi connectivity index (χ1) is 8.41. The second-order valence-corrected chi connectivity index (χ2v) is 3.81. The summed E-state index contributed by atoms with van der Waals surface area (Å²) in [4.78, 5) is 33.3. The van der Waals surface area contributed by atoms with E-state index in [1.54, 1.807) is 0 Å². The molecule has 0 aliphatic carbocycles. The van der Waals surface area contributed by atoms with Gasteiger partial charge in [0.2, 0.25) is 0 Å². The molecule has 0 spiro atoms. The van der Waals surface area contributed by atoms with E-state index in [9.17, 15) is 14.4 Å². The average molecular weight is 251 g/mol. The standard InChI is InChI=1S/C12H13NO5/c13-8-3-1-7(2-4-8)11(16)9(12(17)18)5-6-10(14)15/h1-4,9H,5-6,13H2,(H,14,15)(H,17,18)/t9-/m0/s1. The van der Waals surface area contributed by atoms with Gasteiger partial charge in [-0.3, -0.25) is 14.4 Å². The third-order valence-corrected chi connectivity index (χ3v) is 2.46. The fourth-order valence-electron chi connectivity index (χ4n) is 1.48. The van der Waals surface area contributed by atoms with Gasteiger partial charge >= 0.3 is 11.9 Å². The summed E-state index contributed by atoms with van der Waals surface area (Å²) in [6.07, 6.45) is -0.592. The number of carbonyl (C=O) groups excluding carboxylic acids is 1. The lowest BCUT2D eigenvalue weighted by Crippen LogP contribution is -2.24. The van der Waals surface area contributed by atoms with Gasteiger partial charge in [-0.05, 0) is 30.7 Å². The molecule has 0 aliphatic heterocycles. The lowest BCUT2D eigenvalue weighted by Gasteiger charge is -2.10. The minimum absolute atomic E-state index is 0.210. The smallest absolute Gasteiger partial charge is 0.314 e. The predicted molar refractivity (Wildman–Crippen MR) is 63.2 cm³/mol. The molecule has 0 radical (unpaired) electrons. The highest BCUT2D eigenvalue weighted by molar-refractivity contribution is 6.08. The van der Waals surface area contributed by atoms with E-state index in [0.29, 0.717) is 5.69 Å². The maximum atomic E-state index is 11.9. The predicted octanol–water partition coefficient (Wildman–Crippen LogP) is 1.02. The van der Waals surface area contributed by atoms with Crippen LogP contribution in [0.15, 0.2) is 24.3 Å². The van der Waals surface area contributed by atoms with Gasteiger partial charge in [0, 0.05) is 17.7 Å². The Kier molecular flexibility index (Phi) is 4.42. The van der Waals surface area contributed by atoms with Gasteiger partial charge in [-0.15, -0.1) is 0 Å². The Balaban J connectivity index is 2.85. The molecule has 0 fully saturated rings. The highest BCUT2D eigenvalue weighted by atomic mass is 16.4. The first-order valence-electron chi connectivity index (χ1n) is 5.26. The van der Waals surface area contributed by atoms with Crippen LogP contribution in [0.4, 0.5) is 5.69 Å². The number of carboxylic acids is 2. The molecule has 6 heteroatoms. The van der Waals surface area contributed by atoms with Crippen molar-refractivity contribution < 1.29 is 24.6 Å². The Labute approximate surface area is 103 Å². The molecule has 96 valence electrons. The molecule has 18 heavy (non-hydrogen) atoms. The van der Waals surface area contributed by atoms with E-state index in [0.717, 1.165) is 0 Å². The van der Waals surface area contributed by atoms with Crippen LogP contribution in [0.3, 0.4) is 0 Å². The Bertz CT molecular complexity index is 466. The van der Waals surface area contributed by atoms with Gasteiger partial charge in [0.05, 0.1) is 0 Å². The largest absolute Gasteiger partial charge is 0.481 e. The number of hydrogen-bond donors (Lipinski definition) is 3. The van der Waals surface area contributed by atoms with Crippen molar-refractivity contribution in [3.8, 4) is 0 Å². The lowest BCUT2D eigenvalue weighted by molar-refractivity contribution is -0.141. The summed E-state index contributed by atoms with van der Waals surface area (Å²) in [5.41, 5.74) is 6.13. The first kappa shape index (κ1) is 13.7. The molecular weight excluding hydrogens is 238 g/mol. The van der Waals surface area contributed by atoms with E-state index in [1.807, 2.05) is 0 Å². The van der Waals surface area contributed by atoms with Crippen molar-refractivity contribution in [2.75, 3.05) is 5.73 Å². The quantitative estimate of drug-likeness (QED) is 0.394. The summed E-state index contributed by atoms with van der Waals surface area (Å²) < 4.78 is 0. The minimum atomic E-state index is -1.34. The highest BCUT2D eigenvalue weighted by Crippen LogP contribution is 2.16. The minimum Gasteiger partial charge on any atom is -0.481 e. The number of carbonyl (C=O) groups is 3. The average Bonchev–Trinajstić information content (AvgIpc) is 2.29. The third-order valence-electron chi connectivity index (χ3n) is 2.46. The zero-order chi connectivity index (χ0) is 13.7. The summed E-state index contributed by atoms with van der Waals surface area (Å²) in [5, 5.41) is 17.4. The fourth-order valence-corrected chi connectivity index (χ4v) is 1.48. The maximum Gasteiger partial charge on any atom is 0.314 e. The number of ketones is 1. The highest BCUT2D eigenvalue weighted by Gasteiger charge is 2.27. The third kappa shape index (κ3) is 3.58.